The van der Waals surface area contributed by atoms with Crippen molar-refractivity contribution in [2.45, 2.75) is 13.5 Å². The largest absolute Gasteiger partial charge is 0.382 e. The number of carbonyl (C=O) groups is 1. The van der Waals surface area contributed by atoms with Crippen LogP contribution in [0.3, 0.4) is 0 Å². The summed E-state index contributed by atoms with van der Waals surface area (Å²) in [6, 6.07) is 1.82. The predicted octanol–water partition coefficient (Wildman–Crippen LogP) is 1.35. The molecule has 0 aliphatic heterocycles. The van der Waals surface area contributed by atoms with Crippen molar-refractivity contribution in [1.82, 2.24) is 4.57 Å². The van der Waals surface area contributed by atoms with E-state index >= 15 is 0 Å². The third kappa shape index (κ3) is 4.27. The van der Waals surface area contributed by atoms with Gasteiger partial charge in [0.2, 0.25) is 0 Å². The van der Waals surface area contributed by atoms with Gasteiger partial charge in [0.15, 0.2) is 5.78 Å². The third-order valence-electron chi connectivity index (χ3n) is 2.08. The van der Waals surface area contributed by atoms with E-state index < -0.39 is 0 Å². The molecule has 15 heavy (non-hydrogen) atoms. The molecule has 4 nitrogen and oxygen atoms in total. The maximum absolute atomic E-state index is 11.0. The number of aromatic nitrogens is 1. The van der Waals surface area contributed by atoms with Crippen molar-refractivity contribution in [2.75, 3.05) is 26.9 Å². The Hall–Kier alpha value is -1.13. The summed E-state index contributed by atoms with van der Waals surface area (Å²) in [7, 11) is 1.65. The van der Waals surface area contributed by atoms with Crippen LogP contribution in [0.2, 0.25) is 0 Å². The van der Waals surface area contributed by atoms with Crippen LogP contribution in [0.25, 0.3) is 0 Å². The van der Waals surface area contributed by atoms with Gasteiger partial charge in [0.05, 0.1) is 19.8 Å². The summed E-state index contributed by atoms with van der Waals surface area (Å²) < 4.78 is 12.1. The van der Waals surface area contributed by atoms with Crippen LogP contribution < -0.4 is 0 Å². The molecule has 4 heteroatoms. The van der Waals surface area contributed by atoms with Gasteiger partial charge in [-0.1, -0.05) is 0 Å². The molecule has 1 aromatic rings. The highest BCUT2D eigenvalue weighted by molar-refractivity contribution is 5.93. The molecule has 0 N–H and O–H groups in total. The van der Waals surface area contributed by atoms with E-state index in [4.69, 9.17) is 9.47 Å². The normalized spacial score (nSPS) is 10.5. The molecule has 1 heterocycles. The lowest BCUT2D eigenvalue weighted by atomic mass is 10.2. The van der Waals surface area contributed by atoms with Crippen LogP contribution in [0.15, 0.2) is 18.5 Å². The Bertz CT molecular complexity index is 307. The van der Waals surface area contributed by atoms with Crippen LogP contribution in [0.1, 0.15) is 17.3 Å². The van der Waals surface area contributed by atoms with E-state index in [-0.39, 0.29) is 5.78 Å². The SMILES string of the molecule is COCCOCCn1ccc(C(C)=O)c1. The standard InChI is InChI=1S/C11H17NO3/c1-10(13)11-3-4-12(9-11)5-6-15-8-7-14-2/h3-4,9H,5-8H2,1-2H3. The lowest BCUT2D eigenvalue weighted by molar-refractivity contribution is 0.0666. The molecule has 0 aromatic carbocycles. The maximum atomic E-state index is 11.0. The molecule has 1 aromatic heterocycles. The lowest BCUT2D eigenvalue weighted by Crippen LogP contribution is -2.08. The Morgan fingerprint density at radius 3 is 2.80 bits per heavy atom. The van der Waals surface area contributed by atoms with Crippen molar-refractivity contribution < 1.29 is 14.3 Å². The summed E-state index contributed by atoms with van der Waals surface area (Å²) in [6.07, 6.45) is 3.72. The number of nitrogens with zero attached hydrogens (tertiary/aromatic N) is 1. The fourth-order valence-corrected chi connectivity index (χ4v) is 1.20. The molecular weight excluding hydrogens is 194 g/mol. The number of hydrogen-bond acceptors (Lipinski definition) is 3. The summed E-state index contributed by atoms with van der Waals surface area (Å²) in [5.41, 5.74) is 0.742. The Balaban J connectivity index is 2.23. The molecule has 84 valence electrons. The molecule has 0 fully saturated rings. The van der Waals surface area contributed by atoms with E-state index in [1.54, 1.807) is 14.0 Å². The summed E-state index contributed by atoms with van der Waals surface area (Å²) in [6.45, 7) is 4.18. The second-order valence-electron chi connectivity index (χ2n) is 3.30. The van der Waals surface area contributed by atoms with Gasteiger partial charge < -0.3 is 14.0 Å². The summed E-state index contributed by atoms with van der Waals surface area (Å²) >= 11 is 0. The molecular formula is C11H17NO3. The number of ether oxygens (including phenoxy) is 2. The Morgan fingerprint density at radius 2 is 2.20 bits per heavy atom. The van der Waals surface area contributed by atoms with E-state index in [1.165, 1.54) is 0 Å². The first-order valence-corrected chi connectivity index (χ1v) is 4.97. The number of hydrogen-bond donors (Lipinski definition) is 0. The van der Waals surface area contributed by atoms with Crippen molar-refractivity contribution in [3.05, 3.63) is 24.0 Å². The Kier molecular flexibility index (Phi) is 5.07. The molecule has 0 aliphatic rings. The molecule has 0 saturated carbocycles. The van der Waals surface area contributed by atoms with Gasteiger partial charge >= 0.3 is 0 Å². The second kappa shape index (κ2) is 6.37. The fraction of sp³-hybridized carbons (Fsp3) is 0.545. The smallest absolute Gasteiger partial charge is 0.161 e. The first-order chi connectivity index (χ1) is 7.24. The summed E-state index contributed by atoms with van der Waals surface area (Å²) in [4.78, 5) is 11.0. The maximum Gasteiger partial charge on any atom is 0.161 e. The fourth-order valence-electron chi connectivity index (χ4n) is 1.20. The molecule has 0 atom stereocenters. The highest BCUT2D eigenvalue weighted by atomic mass is 16.5. The highest BCUT2D eigenvalue weighted by Crippen LogP contribution is 2.01. The third-order valence-corrected chi connectivity index (χ3v) is 2.08. The first kappa shape index (κ1) is 11.9. The number of rotatable bonds is 7. The Morgan fingerprint density at radius 1 is 1.40 bits per heavy atom. The summed E-state index contributed by atoms with van der Waals surface area (Å²) in [5.74, 6) is 0.0917. The number of methoxy groups -OCH3 is 1. The van der Waals surface area contributed by atoms with Crippen molar-refractivity contribution >= 4 is 5.78 Å². The minimum Gasteiger partial charge on any atom is -0.382 e. The van der Waals surface area contributed by atoms with Crippen LogP contribution in [-0.2, 0) is 16.0 Å². The van der Waals surface area contributed by atoms with Crippen molar-refractivity contribution in [3.63, 3.8) is 0 Å². The minimum atomic E-state index is 0.0917. The Labute approximate surface area is 89.8 Å². The minimum absolute atomic E-state index is 0.0917. The van der Waals surface area contributed by atoms with Crippen molar-refractivity contribution in [3.8, 4) is 0 Å². The van der Waals surface area contributed by atoms with Gasteiger partial charge in [0.25, 0.3) is 0 Å². The number of Topliss-reactive ketones (excluding diaryl/α,β-unsaturated/α-hetero) is 1. The van der Waals surface area contributed by atoms with Crippen LogP contribution >= 0.6 is 0 Å². The van der Waals surface area contributed by atoms with E-state index in [9.17, 15) is 4.79 Å². The van der Waals surface area contributed by atoms with Gasteiger partial charge in [-0.05, 0) is 13.0 Å². The van der Waals surface area contributed by atoms with Crippen molar-refractivity contribution in [2.24, 2.45) is 0 Å². The average molecular weight is 211 g/mol. The molecule has 0 unspecified atom stereocenters. The molecule has 0 saturated heterocycles. The summed E-state index contributed by atoms with van der Waals surface area (Å²) in [5, 5.41) is 0. The first-order valence-electron chi connectivity index (χ1n) is 4.97. The van der Waals surface area contributed by atoms with Gasteiger partial charge in [-0.3, -0.25) is 4.79 Å². The second-order valence-corrected chi connectivity index (χ2v) is 3.30. The lowest BCUT2D eigenvalue weighted by Gasteiger charge is -2.04. The topological polar surface area (TPSA) is 40.5 Å². The molecule has 0 spiro atoms. The van der Waals surface area contributed by atoms with E-state index in [0.717, 1.165) is 12.1 Å². The van der Waals surface area contributed by atoms with Crippen LogP contribution in [0.4, 0.5) is 0 Å². The number of carbonyl (C=O) groups excluding carboxylic acids is 1. The van der Waals surface area contributed by atoms with E-state index in [1.807, 2.05) is 23.0 Å². The zero-order valence-corrected chi connectivity index (χ0v) is 9.23. The average Bonchev–Trinajstić information content (AvgIpc) is 2.66. The highest BCUT2D eigenvalue weighted by Gasteiger charge is 2.00. The van der Waals surface area contributed by atoms with Crippen LogP contribution in [0.5, 0.6) is 0 Å². The zero-order valence-electron chi connectivity index (χ0n) is 9.23. The van der Waals surface area contributed by atoms with E-state index in [0.29, 0.717) is 19.8 Å². The van der Waals surface area contributed by atoms with Gasteiger partial charge in [-0.25, -0.2) is 0 Å². The number of ketones is 1. The van der Waals surface area contributed by atoms with Gasteiger partial charge in [0.1, 0.15) is 0 Å². The molecule has 0 bridgehead atoms. The monoisotopic (exact) mass is 211 g/mol. The van der Waals surface area contributed by atoms with Gasteiger partial charge in [0, 0.05) is 31.6 Å². The van der Waals surface area contributed by atoms with E-state index in [2.05, 4.69) is 0 Å². The molecule has 0 aliphatic carbocycles. The molecule has 0 radical (unpaired) electrons. The van der Waals surface area contributed by atoms with Crippen molar-refractivity contribution in [1.29, 1.82) is 0 Å². The van der Waals surface area contributed by atoms with Crippen LogP contribution in [-0.4, -0.2) is 37.3 Å². The molecule has 0 amide bonds. The van der Waals surface area contributed by atoms with Gasteiger partial charge in [-0.2, -0.15) is 0 Å². The molecule has 1 rings (SSSR count). The van der Waals surface area contributed by atoms with Gasteiger partial charge in [-0.15, -0.1) is 0 Å². The zero-order chi connectivity index (χ0) is 11.1. The predicted molar refractivity (Wildman–Crippen MR) is 57.1 cm³/mol. The van der Waals surface area contributed by atoms with Crippen LogP contribution in [0, 0.1) is 0 Å². The quantitative estimate of drug-likeness (QED) is 0.505.